The molecule has 0 bridgehead atoms. The van der Waals surface area contributed by atoms with Crippen molar-refractivity contribution in [2.75, 3.05) is 11.9 Å². The summed E-state index contributed by atoms with van der Waals surface area (Å²) in [5, 5.41) is 7.86. The van der Waals surface area contributed by atoms with Crippen LogP contribution in [-0.4, -0.2) is 21.1 Å². The van der Waals surface area contributed by atoms with Crippen LogP contribution in [-0.2, 0) is 0 Å². The van der Waals surface area contributed by atoms with E-state index in [9.17, 15) is 0 Å². The van der Waals surface area contributed by atoms with Crippen molar-refractivity contribution in [3.63, 3.8) is 0 Å². The average molecular weight is 244 g/mol. The van der Waals surface area contributed by atoms with Crippen LogP contribution in [0.2, 0.25) is 0 Å². The van der Waals surface area contributed by atoms with Gasteiger partial charge in [-0.2, -0.15) is 4.98 Å². The van der Waals surface area contributed by atoms with Crippen LogP contribution in [0.15, 0.2) is 24.4 Å². The van der Waals surface area contributed by atoms with Crippen LogP contribution in [0.5, 0.6) is 0 Å². The molecule has 4 heteroatoms. The summed E-state index contributed by atoms with van der Waals surface area (Å²) in [6.45, 7) is 3.30. The van der Waals surface area contributed by atoms with Crippen LogP contribution in [0.3, 0.4) is 0 Å². The molecule has 1 saturated carbocycles. The SMILES string of the molecule is CCC1(CNc2nc3ccccn3n2)CCCC1. The van der Waals surface area contributed by atoms with E-state index in [2.05, 4.69) is 22.3 Å². The van der Waals surface area contributed by atoms with Crippen molar-refractivity contribution in [1.82, 2.24) is 14.6 Å². The summed E-state index contributed by atoms with van der Waals surface area (Å²) in [7, 11) is 0. The average Bonchev–Trinajstić information content (AvgIpc) is 3.03. The van der Waals surface area contributed by atoms with E-state index >= 15 is 0 Å². The molecule has 1 aliphatic rings. The van der Waals surface area contributed by atoms with Crippen LogP contribution in [0.25, 0.3) is 5.65 Å². The van der Waals surface area contributed by atoms with E-state index < -0.39 is 0 Å². The Morgan fingerprint density at radius 1 is 1.33 bits per heavy atom. The van der Waals surface area contributed by atoms with Gasteiger partial charge < -0.3 is 5.32 Å². The molecule has 3 rings (SSSR count). The summed E-state index contributed by atoms with van der Waals surface area (Å²) in [6.07, 6.45) is 8.59. The zero-order valence-electron chi connectivity index (χ0n) is 10.9. The molecule has 96 valence electrons. The molecule has 0 radical (unpaired) electrons. The normalized spacial score (nSPS) is 18.3. The van der Waals surface area contributed by atoms with Crippen LogP contribution >= 0.6 is 0 Å². The van der Waals surface area contributed by atoms with Gasteiger partial charge in [0.15, 0.2) is 5.65 Å². The second-order valence-electron chi connectivity index (χ2n) is 5.35. The maximum Gasteiger partial charge on any atom is 0.243 e. The largest absolute Gasteiger partial charge is 0.352 e. The predicted molar refractivity (Wildman–Crippen MR) is 72.7 cm³/mol. The zero-order chi connectivity index (χ0) is 12.4. The zero-order valence-corrected chi connectivity index (χ0v) is 10.9. The van der Waals surface area contributed by atoms with Gasteiger partial charge in [0.05, 0.1) is 0 Å². The van der Waals surface area contributed by atoms with Gasteiger partial charge in [0.2, 0.25) is 5.95 Å². The van der Waals surface area contributed by atoms with Crippen molar-refractivity contribution in [2.24, 2.45) is 5.41 Å². The fourth-order valence-electron chi connectivity index (χ4n) is 2.95. The highest BCUT2D eigenvalue weighted by atomic mass is 15.3. The summed E-state index contributed by atoms with van der Waals surface area (Å²) in [5.41, 5.74) is 1.37. The summed E-state index contributed by atoms with van der Waals surface area (Å²) < 4.78 is 1.82. The standard InChI is InChI=1S/C14H20N4/c1-2-14(8-4-5-9-14)11-15-13-16-12-7-3-6-10-18(12)17-13/h3,6-7,10H,2,4-5,8-9,11H2,1H3,(H,15,17). The molecule has 0 unspecified atom stereocenters. The minimum absolute atomic E-state index is 0.470. The third-order valence-electron chi connectivity index (χ3n) is 4.28. The number of hydrogen-bond acceptors (Lipinski definition) is 3. The van der Waals surface area contributed by atoms with Crippen LogP contribution in [0.4, 0.5) is 5.95 Å². The Bertz CT molecular complexity index is 492. The first-order valence-electron chi connectivity index (χ1n) is 6.87. The smallest absolute Gasteiger partial charge is 0.243 e. The first-order valence-corrected chi connectivity index (χ1v) is 6.87. The molecule has 1 aliphatic carbocycles. The molecule has 0 spiro atoms. The quantitative estimate of drug-likeness (QED) is 0.898. The minimum atomic E-state index is 0.470. The third-order valence-corrected chi connectivity index (χ3v) is 4.28. The highest BCUT2D eigenvalue weighted by molar-refractivity contribution is 5.42. The summed E-state index contributed by atoms with van der Waals surface area (Å²) in [6, 6.07) is 5.93. The van der Waals surface area contributed by atoms with E-state index in [1.54, 1.807) is 0 Å². The number of rotatable bonds is 4. The van der Waals surface area contributed by atoms with Crippen LogP contribution in [0, 0.1) is 5.41 Å². The first-order chi connectivity index (χ1) is 8.81. The Hall–Kier alpha value is -1.58. The molecule has 0 amide bonds. The number of aromatic nitrogens is 3. The predicted octanol–water partition coefficient (Wildman–Crippen LogP) is 3.11. The van der Waals surface area contributed by atoms with Crippen molar-refractivity contribution in [2.45, 2.75) is 39.0 Å². The molecular formula is C14H20N4. The lowest BCUT2D eigenvalue weighted by atomic mass is 9.83. The molecular weight excluding hydrogens is 224 g/mol. The molecule has 2 aromatic heterocycles. The maximum absolute atomic E-state index is 4.48. The highest BCUT2D eigenvalue weighted by Gasteiger charge is 2.31. The molecule has 0 aromatic carbocycles. The second-order valence-corrected chi connectivity index (χ2v) is 5.35. The van der Waals surface area contributed by atoms with E-state index in [1.807, 2.05) is 28.9 Å². The fourth-order valence-corrected chi connectivity index (χ4v) is 2.95. The second kappa shape index (κ2) is 4.59. The number of nitrogens with zero attached hydrogens (tertiary/aromatic N) is 3. The van der Waals surface area contributed by atoms with Gasteiger partial charge >= 0.3 is 0 Å². The van der Waals surface area contributed by atoms with Crippen LogP contribution < -0.4 is 5.32 Å². The molecule has 1 N–H and O–H groups in total. The van der Waals surface area contributed by atoms with E-state index in [4.69, 9.17) is 0 Å². The third kappa shape index (κ3) is 2.07. The number of pyridine rings is 1. The Kier molecular flexibility index (Phi) is 2.94. The van der Waals surface area contributed by atoms with Gasteiger partial charge in [-0.15, -0.1) is 5.10 Å². The molecule has 0 aliphatic heterocycles. The summed E-state index contributed by atoms with van der Waals surface area (Å²) in [5.74, 6) is 0.751. The Balaban J connectivity index is 1.72. The van der Waals surface area contributed by atoms with Gasteiger partial charge in [-0.1, -0.05) is 25.8 Å². The van der Waals surface area contributed by atoms with Gasteiger partial charge in [0.1, 0.15) is 0 Å². The van der Waals surface area contributed by atoms with Crippen molar-refractivity contribution >= 4 is 11.6 Å². The van der Waals surface area contributed by atoms with Crippen molar-refractivity contribution < 1.29 is 0 Å². The van der Waals surface area contributed by atoms with Crippen molar-refractivity contribution in [3.8, 4) is 0 Å². The van der Waals surface area contributed by atoms with E-state index in [0.29, 0.717) is 5.41 Å². The summed E-state index contributed by atoms with van der Waals surface area (Å²) in [4.78, 5) is 4.48. The Morgan fingerprint density at radius 2 is 2.17 bits per heavy atom. The van der Waals surface area contributed by atoms with Gasteiger partial charge in [0, 0.05) is 12.7 Å². The fraction of sp³-hybridized carbons (Fsp3) is 0.571. The number of hydrogen-bond donors (Lipinski definition) is 1. The molecule has 0 atom stereocenters. The lowest BCUT2D eigenvalue weighted by molar-refractivity contribution is 0.306. The van der Waals surface area contributed by atoms with E-state index in [1.165, 1.54) is 32.1 Å². The Morgan fingerprint density at radius 3 is 2.89 bits per heavy atom. The van der Waals surface area contributed by atoms with Gasteiger partial charge in [-0.3, -0.25) is 0 Å². The molecule has 2 aromatic rings. The number of fused-ring (bicyclic) bond motifs is 1. The van der Waals surface area contributed by atoms with Gasteiger partial charge in [-0.05, 0) is 36.8 Å². The van der Waals surface area contributed by atoms with Crippen LogP contribution in [0.1, 0.15) is 39.0 Å². The number of anilines is 1. The highest BCUT2D eigenvalue weighted by Crippen LogP contribution is 2.40. The molecule has 1 fully saturated rings. The molecule has 18 heavy (non-hydrogen) atoms. The molecule has 2 heterocycles. The van der Waals surface area contributed by atoms with Gasteiger partial charge in [0.25, 0.3) is 0 Å². The van der Waals surface area contributed by atoms with E-state index in [-0.39, 0.29) is 0 Å². The first kappa shape index (κ1) is 11.5. The van der Waals surface area contributed by atoms with Gasteiger partial charge in [-0.25, -0.2) is 4.52 Å². The van der Waals surface area contributed by atoms with Crippen molar-refractivity contribution in [1.29, 1.82) is 0 Å². The Labute approximate surface area is 107 Å². The minimum Gasteiger partial charge on any atom is -0.352 e. The van der Waals surface area contributed by atoms with E-state index in [0.717, 1.165) is 18.1 Å². The summed E-state index contributed by atoms with van der Waals surface area (Å²) >= 11 is 0. The lowest BCUT2D eigenvalue weighted by Gasteiger charge is -2.27. The van der Waals surface area contributed by atoms with Crippen molar-refractivity contribution in [3.05, 3.63) is 24.4 Å². The molecule has 0 saturated heterocycles. The number of nitrogens with one attached hydrogen (secondary N) is 1. The maximum atomic E-state index is 4.48. The topological polar surface area (TPSA) is 42.2 Å². The monoisotopic (exact) mass is 244 g/mol. The molecule has 4 nitrogen and oxygen atoms in total. The lowest BCUT2D eigenvalue weighted by Crippen LogP contribution is -2.26.